The highest BCUT2D eigenvalue weighted by Gasteiger charge is 2.07. The summed E-state index contributed by atoms with van der Waals surface area (Å²) >= 11 is 5.60. The van der Waals surface area contributed by atoms with E-state index in [1.54, 1.807) is 0 Å². The summed E-state index contributed by atoms with van der Waals surface area (Å²) in [7, 11) is 0. The lowest BCUT2D eigenvalue weighted by atomic mass is 10.1. The van der Waals surface area contributed by atoms with Crippen LogP contribution < -0.4 is 5.56 Å². The van der Waals surface area contributed by atoms with Gasteiger partial charge in [0, 0.05) is 12.4 Å². The summed E-state index contributed by atoms with van der Waals surface area (Å²) in [4.78, 5) is 15.3. The van der Waals surface area contributed by atoms with E-state index in [0.717, 1.165) is 0 Å². The van der Waals surface area contributed by atoms with Crippen molar-refractivity contribution in [1.82, 2.24) is 9.55 Å². The number of hydrogen-bond acceptors (Lipinski definition) is 3. The van der Waals surface area contributed by atoms with Crippen molar-refractivity contribution in [2.45, 2.75) is 6.54 Å². The number of hydrogen-bond donors (Lipinski definition) is 0. The number of nitrogens with zero attached hydrogens (tertiary/aromatic N) is 3. The molecule has 0 N–H and O–H groups in total. The lowest BCUT2D eigenvalue weighted by molar-refractivity contribution is 0.622. The molecule has 0 saturated heterocycles. The van der Waals surface area contributed by atoms with Gasteiger partial charge in [-0.1, -0.05) is 11.6 Å². The van der Waals surface area contributed by atoms with Gasteiger partial charge >= 0.3 is 0 Å². The Morgan fingerprint density at radius 2 is 2.28 bits per heavy atom. The summed E-state index contributed by atoms with van der Waals surface area (Å²) in [5.74, 6) is -0.461. The summed E-state index contributed by atoms with van der Waals surface area (Å²) < 4.78 is 14.4. The zero-order valence-corrected chi connectivity index (χ0v) is 9.86. The maximum Gasteiger partial charge on any atom is 0.288 e. The van der Waals surface area contributed by atoms with Crippen molar-refractivity contribution >= 4 is 11.6 Å². The van der Waals surface area contributed by atoms with Crippen molar-refractivity contribution in [2.75, 3.05) is 0 Å². The molecule has 2 rings (SSSR count). The van der Waals surface area contributed by atoms with E-state index in [0.29, 0.717) is 11.1 Å². The van der Waals surface area contributed by atoms with E-state index >= 15 is 0 Å². The van der Waals surface area contributed by atoms with Crippen LogP contribution in [0.1, 0.15) is 11.1 Å². The number of rotatable bonds is 2. The van der Waals surface area contributed by atoms with E-state index in [1.807, 2.05) is 6.07 Å². The largest absolute Gasteiger partial charge is 0.307 e. The second kappa shape index (κ2) is 4.98. The number of benzene rings is 1. The Labute approximate surface area is 107 Å². The third-order valence-electron chi connectivity index (χ3n) is 2.40. The Bertz CT molecular complexity index is 690. The molecule has 4 nitrogen and oxygen atoms in total. The maximum atomic E-state index is 13.1. The molecule has 1 aromatic heterocycles. The number of nitriles is 1. The molecule has 0 fully saturated rings. The van der Waals surface area contributed by atoms with Gasteiger partial charge in [-0.2, -0.15) is 5.26 Å². The Kier molecular flexibility index (Phi) is 3.40. The first kappa shape index (κ1) is 12.3. The zero-order chi connectivity index (χ0) is 13.1. The molecule has 0 radical (unpaired) electrons. The molecule has 2 aromatic rings. The van der Waals surface area contributed by atoms with Gasteiger partial charge < -0.3 is 4.57 Å². The topological polar surface area (TPSA) is 58.7 Å². The first-order chi connectivity index (χ1) is 8.61. The Morgan fingerprint density at radius 1 is 1.50 bits per heavy atom. The van der Waals surface area contributed by atoms with Crippen LogP contribution in [0.15, 0.2) is 35.4 Å². The molecule has 0 spiro atoms. The van der Waals surface area contributed by atoms with Crippen LogP contribution in [0.25, 0.3) is 0 Å². The fourth-order valence-corrected chi connectivity index (χ4v) is 1.70. The summed E-state index contributed by atoms with van der Waals surface area (Å²) in [6, 6.07) is 5.74. The lowest BCUT2D eigenvalue weighted by Crippen LogP contribution is -2.21. The molecule has 90 valence electrons. The van der Waals surface area contributed by atoms with Crippen LogP contribution in [0.2, 0.25) is 5.15 Å². The fourth-order valence-electron chi connectivity index (χ4n) is 1.53. The van der Waals surface area contributed by atoms with Crippen LogP contribution in [0, 0.1) is 17.1 Å². The van der Waals surface area contributed by atoms with Crippen LogP contribution in [0.3, 0.4) is 0 Å². The van der Waals surface area contributed by atoms with E-state index in [1.165, 1.54) is 35.2 Å². The van der Waals surface area contributed by atoms with Crippen LogP contribution in [0.5, 0.6) is 0 Å². The Balaban J connectivity index is 2.46. The molecule has 1 aromatic carbocycles. The molecular weight excluding hydrogens is 257 g/mol. The zero-order valence-electron chi connectivity index (χ0n) is 9.10. The normalized spacial score (nSPS) is 10.1. The van der Waals surface area contributed by atoms with Gasteiger partial charge in [-0.05, 0) is 23.8 Å². The predicted octanol–water partition coefficient (Wildman–Crippen LogP) is 1.96. The van der Waals surface area contributed by atoms with Crippen molar-refractivity contribution in [3.8, 4) is 6.07 Å². The van der Waals surface area contributed by atoms with Crippen LogP contribution in [-0.2, 0) is 6.54 Å². The first-order valence-corrected chi connectivity index (χ1v) is 5.39. The number of aromatic nitrogens is 2. The molecule has 0 aliphatic rings. The van der Waals surface area contributed by atoms with E-state index in [2.05, 4.69) is 4.98 Å². The van der Waals surface area contributed by atoms with E-state index in [9.17, 15) is 9.18 Å². The Hall–Kier alpha value is -2.19. The minimum Gasteiger partial charge on any atom is -0.307 e. The van der Waals surface area contributed by atoms with Crippen molar-refractivity contribution in [1.29, 1.82) is 5.26 Å². The highest BCUT2D eigenvalue weighted by Crippen LogP contribution is 2.11. The molecule has 18 heavy (non-hydrogen) atoms. The third kappa shape index (κ3) is 2.39. The van der Waals surface area contributed by atoms with Crippen molar-refractivity contribution < 1.29 is 4.39 Å². The van der Waals surface area contributed by atoms with Gasteiger partial charge in [-0.15, -0.1) is 0 Å². The molecule has 0 aliphatic carbocycles. The molecule has 0 saturated carbocycles. The Morgan fingerprint density at radius 3 is 3.00 bits per heavy atom. The average Bonchev–Trinajstić information content (AvgIpc) is 2.35. The highest BCUT2D eigenvalue weighted by molar-refractivity contribution is 6.29. The van der Waals surface area contributed by atoms with Crippen molar-refractivity contribution in [3.05, 3.63) is 63.0 Å². The van der Waals surface area contributed by atoms with Crippen LogP contribution in [0.4, 0.5) is 4.39 Å². The summed E-state index contributed by atoms with van der Waals surface area (Å²) in [5.41, 5.74) is 0.255. The van der Waals surface area contributed by atoms with Gasteiger partial charge in [0.05, 0.1) is 18.2 Å². The smallest absolute Gasteiger partial charge is 0.288 e. The van der Waals surface area contributed by atoms with Gasteiger partial charge in [0.25, 0.3) is 5.56 Å². The molecule has 6 heteroatoms. The van der Waals surface area contributed by atoms with Gasteiger partial charge in [0.1, 0.15) is 5.82 Å². The SMILES string of the molecule is N#Cc1ccc(F)cc1Cn1ccnc(Cl)c1=O. The van der Waals surface area contributed by atoms with Crippen molar-refractivity contribution in [2.24, 2.45) is 0 Å². The highest BCUT2D eigenvalue weighted by atomic mass is 35.5. The molecule has 0 atom stereocenters. The summed E-state index contributed by atoms with van der Waals surface area (Å²) in [6.45, 7) is 0.0712. The predicted molar refractivity (Wildman–Crippen MR) is 63.7 cm³/mol. The third-order valence-corrected chi connectivity index (χ3v) is 2.66. The average molecular weight is 264 g/mol. The molecule has 1 heterocycles. The molecule has 0 amide bonds. The second-order valence-electron chi connectivity index (χ2n) is 3.56. The first-order valence-electron chi connectivity index (χ1n) is 5.01. The van der Waals surface area contributed by atoms with Crippen LogP contribution in [-0.4, -0.2) is 9.55 Å². The van der Waals surface area contributed by atoms with Gasteiger partial charge in [-0.25, -0.2) is 9.37 Å². The summed E-state index contributed by atoms with van der Waals surface area (Å²) in [5, 5.41) is 8.75. The number of halogens is 2. The van der Waals surface area contributed by atoms with Gasteiger partial charge in [0.2, 0.25) is 0 Å². The van der Waals surface area contributed by atoms with Crippen LogP contribution >= 0.6 is 11.6 Å². The van der Waals surface area contributed by atoms with E-state index < -0.39 is 11.4 Å². The van der Waals surface area contributed by atoms with Crippen molar-refractivity contribution in [3.63, 3.8) is 0 Å². The standard InChI is InChI=1S/C12H7ClFN3O/c13-11-12(18)17(4-3-16-11)7-9-5-10(14)2-1-8(9)6-15/h1-5H,7H2. The molecule has 0 aliphatic heterocycles. The second-order valence-corrected chi connectivity index (χ2v) is 3.92. The fraction of sp³-hybridized carbons (Fsp3) is 0.0833. The monoisotopic (exact) mass is 263 g/mol. The minimum absolute atomic E-state index is 0.0712. The lowest BCUT2D eigenvalue weighted by Gasteiger charge is -2.07. The minimum atomic E-state index is -0.479. The molecular formula is C12H7ClFN3O. The van der Waals surface area contributed by atoms with Gasteiger partial charge in [0.15, 0.2) is 5.15 Å². The molecule has 0 unspecified atom stereocenters. The quantitative estimate of drug-likeness (QED) is 0.832. The van der Waals surface area contributed by atoms with E-state index in [4.69, 9.17) is 16.9 Å². The van der Waals surface area contributed by atoms with E-state index in [-0.39, 0.29) is 11.7 Å². The summed E-state index contributed by atoms with van der Waals surface area (Å²) in [6.07, 6.45) is 2.80. The molecule has 0 bridgehead atoms. The maximum absolute atomic E-state index is 13.1. The van der Waals surface area contributed by atoms with Gasteiger partial charge in [-0.3, -0.25) is 4.79 Å².